The number of ketones is 1. The van der Waals surface area contributed by atoms with E-state index in [1.54, 1.807) is 54.1 Å². The van der Waals surface area contributed by atoms with E-state index in [1.807, 2.05) is 19.1 Å². The molecule has 1 atom stereocenters. The number of hydrazine groups is 1. The number of amides is 1. The molecular weight excluding hydrogens is 406 g/mol. The van der Waals surface area contributed by atoms with E-state index in [1.165, 1.54) is 0 Å². The van der Waals surface area contributed by atoms with E-state index in [9.17, 15) is 9.59 Å². The molecule has 2 aromatic rings. The summed E-state index contributed by atoms with van der Waals surface area (Å²) in [5.74, 6) is 0.486. The Balaban J connectivity index is 1.34. The number of hydrogen-bond donors (Lipinski definition) is 1. The molecule has 1 amide bonds. The van der Waals surface area contributed by atoms with E-state index in [0.29, 0.717) is 17.0 Å². The predicted molar refractivity (Wildman–Crippen MR) is 119 cm³/mol. The molecule has 0 spiro atoms. The summed E-state index contributed by atoms with van der Waals surface area (Å²) in [7, 11) is 0. The monoisotopic (exact) mass is 435 g/mol. The number of hydrogen-bond acceptors (Lipinski definition) is 6. The summed E-state index contributed by atoms with van der Waals surface area (Å²) >= 11 is 0. The van der Waals surface area contributed by atoms with Gasteiger partial charge in [-0.1, -0.05) is 24.3 Å². The van der Waals surface area contributed by atoms with Gasteiger partial charge in [0.15, 0.2) is 5.78 Å². The Morgan fingerprint density at radius 2 is 1.91 bits per heavy atom. The first-order chi connectivity index (χ1) is 15.7. The molecular formula is C25H29N3O4. The van der Waals surface area contributed by atoms with Crippen LogP contribution in [0.3, 0.4) is 0 Å². The molecule has 0 bridgehead atoms. The van der Waals surface area contributed by atoms with Gasteiger partial charge in [-0.05, 0) is 50.7 Å². The van der Waals surface area contributed by atoms with Crippen molar-refractivity contribution >= 4 is 11.7 Å². The number of benzene rings is 1. The van der Waals surface area contributed by atoms with Gasteiger partial charge < -0.3 is 9.47 Å². The first-order valence-electron chi connectivity index (χ1n) is 11.2. The minimum atomic E-state index is -0.462. The maximum atomic E-state index is 12.8. The first kappa shape index (κ1) is 22.0. The Morgan fingerprint density at radius 3 is 2.59 bits per heavy atom. The van der Waals surface area contributed by atoms with Gasteiger partial charge >= 0.3 is 0 Å². The molecule has 0 radical (unpaired) electrons. The smallest absolute Gasteiger partial charge is 0.241 e. The van der Waals surface area contributed by atoms with E-state index in [0.717, 1.165) is 44.5 Å². The summed E-state index contributed by atoms with van der Waals surface area (Å²) in [6.07, 6.45) is 9.80. The Morgan fingerprint density at radius 1 is 1.12 bits per heavy atom. The highest BCUT2D eigenvalue weighted by atomic mass is 16.5. The number of ether oxygens (including phenoxy) is 2. The highest BCUT2D eigenvalue weighted by Gasteiger charge is 2.30. The molecule has 0 saturated heterocycles. The maximum absolute atomic E-state index is 12.8. The van der Waals surface area contributed by atoms with Gasteiger partial charge in [0, 0.05) is 48.2 Å². The maximum Gasteiger partial charge on any atom is 0.241 e. The van der Waals surface area contributed by atoms with Crippen molar-refractivity contribution in [3.8, 4) is 0 Å². The van der Waals surface area contributed by atoms with Gasteiger partial charge in [0.05, 0.1) is 6.20 Å². The number of carbonyl (C=O) groups excluding carboxylic acids is 2. The van der Waals surface area contributed by atoms with Crippen molar-refractivity contribution in [1.82, 2.24) is 15.4 Å². The lowest BCUT2D eigenvalue weighted by molar-refractivity contribution is -0.133. The predicted octanol–water partition coefficient (Wildman–Crippen LogP) is 3.99. The van der Waals surface area contributed by atoms with E-state index in [4.69, 9.17) is 9.47 Å². The van der Waals surface area contributed by atoms with Crippen LogP contribution >= 0.6 is 0 Å². The number of nitrogens with zero attached hydrogens (tertiary/aromatic N) is 2. The molecule has 1 saturated carbocycles. The van der Waals surface area contributed by atoms with Gasteiger partial charge in [-0.3, -0.25) is 20.0 Å². The third-order valence-corrected chi connectivity index (χ3v) is 6.08. The second-order valence-corrected chi connectivity index (χ2v) is 8.23. The molecule has 168 valence electrons. The highest BCUT2D eigenvalue weighted by Crippen LogP contribution is 2.31. The van der Waals surface area contributed by atoms with Gasteiger partial charge in [0.2, 0.25) is 12.1 Å². The fraction of sp³-hybridized carbons (Fsp3) is 0.400. The molecule has 1 aliphatic heterocycles. The van der Waals surface area contributed by atoms with Crippen LogP contribution in [0, 0.1) is 11.8 Å². The summed E-state index contributed by atoms with van der Waals surface area (Å²) < 4.78 is 11.2. The standard InChI is InChI=1S/C25H29N3O4/c1-2-31-17-18-5-7-20(8-6-18)24(30)27-28-14-15-32-25(28)21-11-9-19(10-12-21)23(29)22-4-3-13-26-16-22/h3-4,9-16,18,20,25H,2,5-8,17H2,1H3,(H,27,30). The van der Waals surface area contributed by atoms with Crippen LogP contribution in [-0.2, 0) is 14.3 Å². The Hall–Kier alpha value is -3.19. The largest absolute Gasteiger partial charge is 0.471 e. The van der Waals surface area contributed by atoms with E-state index >= 15 is 0 Å². The molecule has 4 rings (SSSR count). The molecule has 1 N–H and O–H groups in total. The fourth-order valence-electron chi connectivity index (χ4n) is 4.21. The molecule has 1 aromatic heterocycles. The van der Waals surface area contributed by atoms with E-state index < -0.39 is 6.23 Å². The van der Waals surface area contributed by atoms with Crippen LogP contribution in [0.15, 0.2) is 61.3 Å². The van der Waals surface area contributed by atoms with E-state index in [-0.39, 0.29) is 17.6 Å². The molecule has 1 aliphatic carbocycles. The Bertz CT molecular complexity index is 937. The van der Waals surface area contributed by atoms with Crippen LogP contribution in [0.4, 0.5) is 0 Å². The summed E-state index contributed by atoms with van der Waals surface area (Å²) in [4.78, 5) is 29.4. The van der Waals surface area contributed by atoms with Crippen LogP contribution in [0.5, 0.6) is 0 Å². The van der Waals surface area contributed by atoms with Crippen LogP contribution in [0.25, 0.3) is 0 Å². The number of rotatable bonds is 8. The van der Waals surface area contributed by atoms with Crippen molar-refractivity contribution in [1.29, 1.82) is 0 Å². The normalized spacial score (nSPS) is 22.4. The third kappa shape index (κ3) is 5.16. The zero-order chi connectivity index (χ0) is 22.3. The van der Waals surface area contributed by atoms with Crippen molar-refractivity contribution in [2.75, 3.05) is 13.2 Å². The second-order valence-electron chi connectivity index (χ2n) is 8.23. The molecule has 1 aromatic carbocycles. The van der Waals surface area contributed by atoms with Crippen LogP contribution in [0.1, 0.15) is 60.3 Å². The van der Waals surface area contributed by atoms with Crippen LogP contribution in [-0.4, -0.2) is 34.9 Å². The first-order valence-corrected chi connectivity index (χ1v) is 11.2. The minimum absolute atomic E-state index is 0.00186. The second kappa shape index (κ2) is 10.4. The molecule has 1 unspecified atom stereocenters. The lowest BCUT2D eigenvalue weighted by atomic mass is 9.82. The average molecular weight is 436 g/mol. The highest BCUT2D eigenvalue weighted by molar-refractivity contribution is 6.08. The van der Waals surface area contributed by atoms with Gasteiger partial charge in [0.1, 0.15) is 6.26 Å². The Labute approximate surface area is 188 Å². The minimum Gasteiger partial charge on any atom is -0.471 e. The number of nitrogens with one attached hydrogen (secondary N) is 1. The number of aromatic nitrogens is 1. The molecule has 7 heteroatoms. The third-order valence-electron chi connectivity index (χ3n) is 6.08. The number of carbonyl (C=O) groups is 2. The average Bonchev–Trinajstić information content (AvgIpc) is 3.31. The lowest BCUT2D eigenvalue weighted by Crippen LogP contribution is -2.43. The lowest BCUT2D eigenvalue weighted by Gasteiger charge is -2.30. The summed E-state index contributed by atoms with van der Waals surface area (Å²) in [6.45, 7) is 3.53. The molecule has 1 fully saturated rings. The molecule has 7 nitrogen and oxygen atoms in total. The molecule has 2 aliphatic rings. The van der Waals surface area contributed by atoms with Crippen molar-refractivity contribution in [3.63, 3.8) is 0 Å². The van der Waals surface area contributed by atoms with Gasteiger partial charge in [-0.2, -0.15) is 0 Å². The van der Waals surface area contributed by atoms with Gasteiger partial charge in [-0.25, -0.2) is 5.01 Å². The zero-order valence-electron chi connectivity index (χ0n) is 18.3. The van der Waals surface area contributed by atoms with Gasteiger partial charge in [-0.15, -0.1) is 0 Å². The van der Waals surface area contributed by atoms with Crippen molar-refractivity contribution < 1.29 is 19.1 Å². The number of pyridine rings is 1. The molecule has 32 heavy (non-hydrogen) atoms. The fourth-order valence-corrected chi connectivity index (χ4v) is 4.21. The van der Waals surface area contributed by atoms with Crippen molar-refractivity contribution in [2.24, 2.45) is 11.8 Å². The van der Waals surface area contributed by atoms with Crippen molar-refractivity contribution in [2.45, 2.75) is 38.8 Å². The van der Waals surface area contributed by atoms with Crippen molar-refractivity contribution in [3.05, 3.63) is 77.9 Å². The van der Waals surface area contributed by atoms with E-state index in [2.05, 4.69) is 10.4 Å². The topological polar surface area (TPSA) is 80.8 Å². The van der Waals surface area contributed by atoms with Gasteiger partial charge in [0.25, 0.3) is 0 Å². The zero-order valence-corrected chi connectivity index (χ0v) is 18.3. The summed E-state index contributed by atoms with van der Waals surface area (Å²) in [5, 5.41) is 1.69. The van der Waals surface area contributed by atoms with Crippen LogP contribution < -0.4 is 5.43 Å². The summed E-state index contributed by atoms with van der Waals surface area (Å²) in [6, 6.07) is 10.7. The quantitative estimate of drug-likeness (QED) is 0.632. The SMILES string of the molecule is CCOCC1CCC(C(=O)NN2C=COC2c2ccc(C(=O)c3cccnc3)cc2)CC1. The summed E-state index contributed by atoms with van der Waals surface area (Å²) in [5.41, 5.74) is 4.96. The van der Waals surface area contributed by atoms with Crippen LogP contribution in [0.2, 0.25) is 0 Å². The molecule has 2 heterocycles. The Kier molecular flexibility index (Phi) is 7.17.